The predicted octanol–water partition coefficient (Wildman–Crippen LogP) is 4.16. The number of anilines is 2. The molecule has 0 atom stereocenters. The SMILES string of the molecule is N#Cc1ccnc(NC2CCN(Cc3ccc(-n4c(-c5cccnc5N)nc5ccc(-c6ccc(=O)[nH]c6)nc54)cc3)CC2)n1. The van der Waals surface area contributed by atoms with Crippen molar-refractivity contribution in [3.63, 3.8) is 0 Å². The summed E-state index contributed by atoms with van der Waals surface area (Å²) in [5.74, 6) is 1.53. The molecule has 1 aliphatic rings. The highest BCUT2D eigenvalue weighted by Crippen LogP contribution is 2.32. The summed E-state index contributed by atoms with van der Waals surface area (Å²) >= 11 is 0. The van der Waals surface area contributed by atoms with Crippen molar-refractivity contribution in [2.75, 3.05) is 24.1 Å². The molecule has 1 aliphatic heterocycles. The summed E-state index contributed by atoms with van der Waals surface area (Å²) in [6, 6.07) is 23.1. The highest BCUT2D eigenvalue weighted by Gasteiger charge is 2.21. The fourth-order valence-corrected chi connectivity index (χ4v) is 5.64. The van der Waals surface area contributed by atoms with E-state index < -0.39 is 0 Å². The Morgan fingerprint density at radius 2 is 1.80 bits per heavy atom. The Hall–Kier alpha value is -5.93. The number of likely N-dealkylation sites (tertiary alicyclic amines) is 1. The van der Waals surface area contributed by atoms with Gasteiger partial charge in [-0.15, -0.1) is 0 Å². The van der Waals surface area contributed by atoms with Crippen molar-refractivity contribution in [3.8, 4) is 34.4 Å². The maximum absolute atomic E-state index is 11.6. The number of piperidine rings is 1. The molecule has 12 nitrogen and oxygen atoms in total. The molecule has 6 aromatic rings. The number of nitriles is 1. The molecular weight excluding hydrogens is 566 g/mol. The number of hydrogen-bond acceptors (Lipinski definition) is 10. The lowest BCUT2D eigenvalue weighted by Crippen LogP contribution is -2.39. The molecule has 1 fully saturated rings. The Bertz CT molecular complexity index is 2070. The molecule has 222 valence electrons. The zero-order valence-corrected chi connectivity index (χ0v) is 24.3. The van der Waals surface area contributed by atoms with Crippen molar-refractivity contribution in [2.24, 2.45) is 0 Å². The average molecular weight is 596 g/mol. The largest absolute Gasteiger partial charge is 0.383 e. The van der Waals surface area contributed by atoms with Crippen LogP contribution >= 0.6 is 0 Å². The van der Waals surface area contributed by atoms with Gasteiger partial charge in [0.2, 0.25) is 11.5 Å². The number of aromatic nitrogens is 7. The molecule has 4 N–H and O–H groups in total. The fourth-order valence-electron chi connectivity index (χ4n) is 5.64. The normalized spacial score (nSPS) is 13.9. The minimum absolute atomic E-state index is 0.169. The topological polar surface area (TPSA) is 167 Å². The molecule has 1 aromatic carbocycles. The third kappa shape index (κ3) is 5.84. The summed E-state index contributed by atoms with van der Waals surface area (Å²) in [6.45, 7) is 2.70. The average Bonchev–Trinajstić information content (AvgIpc) is 3.45. The van der Waals surface area contributed by atoms with Gasteiger partial charge < -0.3 is 16.0 Å². The van der Waals surface area contributed by atoms with Crippen LogP contribution in [-0.2, 0) is 6.54 Å². The summed E-state index contributed by atoms with van der Waals surface area (Å²) < 4.78 is 2.00. The number of nitrogens with one attached hydrogen (secondary N) is 2. The molecule has 12 heteroatoms. The number of fused-ring (bicyclic) bond motifs is 1. The van der Waals surface area contributed by atoms with Crippen LogP contribution in [-0.4, -0.2) is 58.5 Å². The van der Waals surface area contributed by atoms with Gasteiger partial charge in [-0.2, -0.15) is 5.26 Å². The standard InChI is InChI=1S/C33H29N11O/c34-18-24-11-15-37-33(40-24)39-23-12-16-43(17-13-23)20-21-3-6-25(7-4-21)44-31(26-2-1-14-36-30(26)35)42-28-9-8-27(41-32(28)44)22-5-10-29(45)38-19-22/h1-11,14-15,19,23H,12-13,16-17,20H2,(H2,35,36)(H,38,45)(H,37,39,40). The van der Waals surface area contributed by atoms with Crippen molar-refractivity contribution in [1.82, 2.24) is 39.4 Å². The highest BCUT2D eigenvalue weighted by molar-refractivity contribution is 5.84. The van der Waals surface area contributed by atoms with Crippen LogP contribution < -0.4 is 16.6 Å². The summed E-state index contributed by atoms with van der Waals surface area (Å²) in [7, 11) is 0. The molecule has 0 saturated carbocycles. The van der Waals surface area contributed by atoms with Crippen molar-refractivity contribution in [2.45, 2.75) is 25.4 Å². The number of nitrogens with two attached hydrogens (primary N) is 1. The number of nitrogens with zero attached hydrogens (tertiary/aromatic N) is 8. The van der Waals surface area contributed by atoms with Gasteiger partial charge in [0.25, 0.3) is 0 Å². The molecule has 0 aliphatic carbocycles. The van der Waals surface area contributed by atoms with Crippen molar-refractivity contribution in [3.05, 3.63) is 107 Å². The van der Waals surface area contributed by atoms with Crippen LogP contribution in [0.25, 0.3) is 39.5 Å². The van der Waals surface area contributed by atoms with Crippen LogP contribution in [0.15, 0.2) is 90.1 Å². The first-order valence-corrected chi connectivity index (χ1v) is 14.6. The van der Waals surface area contributed by atoms with Crippen molar-refractivity contribution < 1.29 is 0 Å². The molecular formula is C33H29N11O. The van der Waals surface area contributed by atoms with Crippen LogP contribution in [0.5, 0.6) is 0 Å². The van der Waals surface area contributed by atoms with Crippen LogP contribution in [0.2, 0.25) is 0 Å². The number of aromatic amines is 1. The fraction of sp³-hybridized carbons (Fsp3) is 0.182. The molecule has 7 rings (SSSR count). The van der Waals surface area contributed by atoms with Crippen LogP contribution in [0, 0.1) is 11.3 Å². The van der Waals surface area contributed by atoms with E-state index in [0.29, 0.717) is 45.7 Å². The van der Waals surface area contributed by atoms with Crippen molar-refractivity contribution >= 4 is 22.9 Å². The zero-order valence-electron chi connectivity index (χ0n) is 24.3. The van der Waals surface area contributed by atoms with E-state index >= 15 is 0 Å². The number of nitrogen functional groups attached to an aromatic ring is 1. The van der Waals surface area contributed by atoms with E-state index in [-0.39, 0.29) is 11.6 Å². The van der Waals surface area contributed by atoms with Gasteiger partial charge in [-0.05, 0) is 66.9 Å². The van der Waals surface area contributed by atoms with Gasteiger partial charge in [-0.3, -0.25) is 14.3 Å². The first-order valence-electron chi connectivity index (χ1n) is 14.6. The third-order valence-electron chi connectivity index (χ3n) is 7.96. The lowest BCUT2D eigenvalue weighted by atomic mass is 10.0. The van der Waals surface area contributed by atoms with Gasteiger partial charge in [0.05, 0.1) is 11.3 Å². The van der Waals surface area contributed by atoms with E-state index in [1.807, 2.05) is 28.8 Å². The predicted molar refractivity (Wildman–Crippen MR) is 171 cm³/mol. The molecule has 0 bridgehead atoms. The summed E-state index contributed by atoms with van der Waals surface area (Å²) in [5, 5.41) is 12.5. The molecule has 5 aromatic heterocycles. The monoisotopic (exact) mass is 595 g/mol. The third-order valence-corrected chi connectivity index (χ3v) is 7.96. The summed E-state index contributed by atoms with van der Waals surface area (Å²) in [6.07, 6.45) is 6.84. The Labute approximate surface area is 258 Å². The van der Waals surface area contributed by atoms with E-state index in [1.54, 1.807) is 30.7 Å². The number of pyridine rings is 3. The Balaban J connectivity index is 1.13. The maximum atomic E-state index is 11.6. The van der Waals surface area contributed by atoms with Gasteiger partial charge in [-0.1, -0.05) is 12.1 Å². The van der Waals surface area contributed by atoms with E-state index in [2.05, 4.69) is 60.5 Å². The number of benzene rings is 1. The van der Waals surface area contributed by atoms with Gasteiger partial charge >= 0.3 is 0 Å². The van der Waals surface area contributed by atoms with Crippen molar-refractivity contribution in [1.29, 1.82) is 5.26 Å². The van der Waals surface area contributed by atoms with Gasteiger partial charge in [0, 0.05) is 61.6 Å². The van der Waals surface area contributed by atoms with E-state index in [9.17, 15) is 4.79 Å². The smallest absolute Gasteiger partial charge is 0.247 e. The molecule has 1 saturated heterocycles. The first-order chi connectivity index (χ1) is 22.0. The second-order valence-corrected chi connectivity index (χ2v) is 10.9. The molecule has 0 spiro atoms. The minimum atomic E-state index is -0.169. The zero-order chi connectivity index (χ0) is 30.8. The lowest BCUT2D eigenvalue weighted by Gasteiger charge is -2.32. The quantitative estimate of drug-likeness (QED) is 0.244. The summed E-state index contributed by atoms with van der Waals surface area (Å²) in [4.78, 5) is 39.4. The van der Waals surface area contributed by atoms with E-state index in [1.165, 1.54) is 11.6 Å². The Morgan fingerprint density at radius 3 is 2.56 bits per heavy atom. The Kier molecular flexibility index (Phi) is 7.42. The molecule has 0 radical (unpaired) electrons. The molecule has 0 amide bonds. The molecule has 0 unspecified atom stereocenters. The first kappa shape index (κ1) is 27.9. The second-order valence-electron chi connectivity index (χ2n) is 10.9. The molecule has 45 heavy (non-hydrogen) atoms. The second kappa shape index (κ2) is 12.0. The van der Waals surface area contributed by atoms with Crippen LogP contribution in [0.4, 0.5) is 11.8 Å². The van der Waals surface area contributed by atoms with Gasteiger partial charge in [0.1, 0.15) is 23.1 Å². The molecule has 6 heterocycles. The number of imidazole rings is 1. The van der Waals surface area contributed by atoms with E-state index in [4.69, 9.17) is 21.0 Å². The van der Waals surface area contributed by atoms with Crippen LogP contribution in [0.3, 0.4) is 0 Å². The summed E-state index contributed by atoms with van der Waals surface area (Å²) in [5.41, 5.74) is 12.2. The highest BCUT2D eigenvalue weighted by atomic mass is 16.1. The van der Waals surface area contributed by atoms with Crippen LogP contribution in [0.1, 0.15) is 24.1 Å². The maximum Gasteiger partial charge on any atom is 0.247 e. The van der Waals surface area contributed by atoms with Gasteiger partial charge in [-0.25, -0.2) is 24.9 Å². The Morgan fingerprint density at radius 1 is 0.956 bits per heavy atom. The number of H-pyrrole nitrogens is 1. The van der Waals surface area contributed by atoms with E-state index in [0.717, 1.165) is 43.7 Å². The lowest BCUT2D eigenvalue weighted by molar-refractivity contribution is 0.211. The number of hydrogen-bond donors (Lipinski definition) is 3. The number of rotatable bonds is 7. The minimum Gasteiger partial charge on any atom is -0.383 e. The van der Waals surface area contributed by atoms with Gasteiger partial charge in [0.15, 0.2) is 11.5 Å².